The van der Waals surface area contributed by atoms with Crippen LogP contribution in [-0.2, 0) is 11.3 Å². The van der Waals surface area contributed by atoms with Crippen molar-refractivity contribution in [2.45, 2.75) is 64.8 Å². The summed E-state index contributed by atoms with van der Waals surface area (Å²) in [6.45, 7) is 8.19. The Morgan fingerprint density at radius 3 is 2.60 bits per heavy atom. The normalized spacial score (nSPS) is 20.2. The van der Waals surface area contributed by atoms with E-state index in [9.17, 15) is 14.7 Å². The van der Waals surface area contributed by atoms with Crippen LogP contribution >= 0.6 is 0 Å². The van der Waals surface area contributed by atoms with E-state index in [2.05, 4.69) is 29.5 Å². The Hall–Kier alpha value is -4.84. The average Bonchev–Trinajstić information content (AvgIpc) is 3.61. The van der Waals surface area contributed by atoms with Crippen molar-refractivity contribution in [1.82, 2.24) is 9.80 Å². The Kier molecular flexibility index (Phi) is 12.2. The molecule has 2 aliphatic heterocycles. The smallest absolute Gasteiger partial charge is 0.323 e. The number of aliphatic hydroxyl groups is 1. The fourth-order valence-corrected chi connectivity index (χ4v) is 6.80. The van der Waals surface area contributed by atoms with Crippen LogP contribution in [0.25, 0.3) is 10.8 Å². The number of rotatable bonds is 8. The molecule has 0 radical (unpaired) electrons. The SMILES string of the molecule is C[C@H](CO)N1C[C@H](C)[C@@H](CN(C)Cc2ccc3c(c2)OCO3)OCCCC[C@H](C)Oc2ccc(NC(=O)Nc3cccc4ccccc34)cc2C1=O. The van der Waals surface area contributed by atoms with Crippen molar-refractivity contribution in [1.29, 1.82) is 0 Å². The lowest BCUT2D eigenvalue weighted by Crippen LogP contribution is -2.47. The number of benzene rings is 4. The van der Waals surface area contributed by atoms with Crippen molar-refractivity contribution >= 4 is 34.1 Å². The summed E-state index contributed by atoms with van der Waals surface area (Å²) in [5.74, 6) is 1.58. The summed E-state index contributed by atoms with van der Waals surface area (Å²) >= 11 is 0. The topological polar surface area (TPSA) is 122 Å². The largest absolute Gasteiger partial charge is 0.490 e. The molecule has 6 rings (SSSR count). The van der Waals surface area contributed by atoms with E-state index in [1.807, 2.05) is 74.5 Å². The van der Waals surface area contributed by atoms with Gasteiger partial charge in [-0.2, -0.15) is 0 Å². The molecule has 11 heteroatoms. The van der Waals surface area contributed by atoms with Crippen LogP contribution in [0, 0.1) is 5.92 Å². The molecule has 276 valence electrons. The third-order valence-electron chi connectivity index (χ3n) is 9.73. The zero-order valence-electron chi connectivity index (χ0n) is 30.5. The van der Waals surface area contributed by atoms with Crippen molar-refractivity contribution < 1.29 is 33.6 Å². The maximum absolute atomic E-state index is 14.5. The Labute approximate surface area is 305 Å². The van der Waals surface area contributed by atoms with Gasteiger partial charge in [-0.25, -0.2) is 4.79 Å². The van der Waals surface area contributed by atoms with Crippen molar-refractivity contribution in [2.75, 3.05) is 50.8 Å². The maximum atomic E-state index is 14.5. The van der Waals surface area contributed by atoms with Crippen LogP contribution in [0.1, 0.15) is 56.0 Å². The van der Waals surface area contributed by atoms with Gasteiger partial charge in [0.1, 0.15) is 5.75 Å². The van der Waals surface area contributed by atoms with Gasteiger partial charge < -0.3 is 39.6 Å². The second-order valence-corrected chi connectivity index (χ2v) is 14.0. The average molecular weight is 711 g/mol. The van der Waals surface area contributed by atoms with Gasteiger partial charge in [-0.3, -0.25) is 9.69 Å². The molecule has 3 N–H and O–H groups in total. The zero-order valence-corrected chi connectivity index (χ0v) is 30.5. The van der Waals surface area contributed by atoms with Crippen molar-refractivity contribution in [3.63, 3.8) is 0 Å². The van der Waals surface area contributed by atoms with E-state index in [0.29, 0.717) is 48.9 Å². The van der Waals surface area contributed by atoms with Crippen molar-refractivity contribution in [3.8, 4) is 17.2 Å². The molecule has 0 aromatic heterocycles. The van der Waals surface area contributed by atoms with Crippen molar-refractivity contribution in [3.05, 3.63) is 90.0 Å². The monoisotopic (exact) mass is 710 g/mol. The van der Waals surface area contributed by atoms with Gasteiger partial charge in [0.05, 0.1) is 36.1 Å². The Morgan fingerprint density at radius 1 is 0.962 bits per heavy atom. The van der Waals surface area contributed by atoms with Gasteiger partial charge in [0, 0.05) is 43.2 Å². The minimum atomic E-state index is -0.480. The van der Waals surface area contributed by atoms with E-state index in [0.717, 1.165) is 47.1 Å². The summed E-state index contributed by atoms with van der Waals surface area (Å²) < 4.78 is 24.0. The van der Waals surface area contributed by atoms with Crippen LogP contribution in [0.4, 0.5) is 16.2 Å². The third kappa shape index (κ3) is 9.14. The summed E-state index contributed by atoms with van der Waals surface area (Å²) in [6.07, 6.45) is 2.22. The van der Waals surface area contributed by atoms with E-state index in [-0.39, 0.29) is 37.4 Å². The highest BCUT2D eigenvalue weighted by atomic mass is 16.7. The number of nitrogens with zero attached hydrogens (tertiary/aromatic N) is 2. The molecular weight excluding hydrogens is 660 g/mol. The number of urea groups is 1. The highest BCUT2D eigenvalue weighted by Gasteiger charge is 2.30. The summed E-state index contributed by atoms with van der Waals surface area (Å²) in [6, 6.07) is 23.8. The quantitative estimate of drug-likeness (QED) is 0.177. The molecule has 0 spiro atoms. The second kappa shape index (κ2) is 17.1. The number of likely N-dealkylation sites (N-methyl/N-ethyl adjacent to an activating group) is 1. The number of fused-ring (bicyclic) bond motifs is 3. The first kappa shape index (κ1) is 36.9. The van der Waals surface area contributed by atoms with Gasteiger partial charge in [0.25, 0.3) is 5.91 Å². The minimum absolute atomic E-state index is 0.0730. The number of hydrogen-bond donors (Lipinski definition) is 3. The van der Waals surface area contributed by atoms with Gasteiger partial charge in [0.15, 0.2) is 11.5 Å². The maximum Gasteiger partial charge on any atom is 0.323 e. The van der Waals surface area contributed by atoms with Crippen LogP contribution in [-0.4, -0.2) is 85.2 Å². The summed E-state index contributed by atoms with van der Waals surface area (Å²) in [5, 5.41) is 18.1. The van der Waals surface area contributed by atoms with E-state index in [4.69, 9.17) is 18.9 Å². The molecule has 3 amide bonds. The number of carbonyl (C=O) groups excluding carboxylic acids is 2. The molecule has 11 nitrogen and oxygen atoms in total. The summed E-state index contributed by atoms with van der Waals surface area (Å²) in [4.78, 5) is 31.7. The summed E-state index contributed by atoms with van der Waals surface area (Å²) in [7, 11) is 2.06. The van der Waals surface area contributed by atoms with Crippen LogP contribution in [0.2, 0.25) is 0 Å². The Bertz CT molecular complexity index is 1850. The molecule has 0 saturated carbocycles. The van der Waals surface area contributed by atoms with Gasteiger partial charge in [-0.05, 0) is 87.5 Å². The predicted octanol–water partition coefficient (Wildman–Crippen LogP) is 7.14. The first-order valence-corrected chi connectivity index (χ1v) is 18.2. The lowest BCUT2D eigenvalue weighted by molar-refractivity contribution is -0.0177. The molecule has 0 aliphatic carbocycles. The molecular formula is C41H50N4O7. The molecule has 0 fully saturated rings. The predicted molar refractivity (Wildman–Crippen MR) is 202 cm³/mol. The zero-order chi connectivity index (χ0) is 36.6. The van der Waals surface area contributed by atoms with Crippen LogP contribution in [0.3, 0.4) is 0 Å². The molecule has 2 heterocycles. The summed E-state index contributed by atoms with van der Waals surface area (Å²) in [5.41, 5.74) is 2.54. The molecule has 0 bridgehead atoms. The standard InChI is InChI=1S/C41H50N4O7/c1-27-22-45(28(2)25-46)40(47)34-21-32(42-41(48)43-35-14-9-12-31-11-5-6-13-33(31)35)16-18-36(34)52-29(3)10-7-8-19-49-39(27)24-44(4)23-30-15-17-37-38(20-30)51-26-50-37/h5-6,9,11-18,20-21,27-29,39,46H,7-8,10,19,22-26H2,1-4H3,(H2,42,43,48)/t27-,28+,29-,39+/m0/s1. The number of nitrogens with one attached hydrogen (secondary N) is 2. The minimum Gasteiger partial charge on any atom is -0.490 e. The molecule has 52 heavy (non-hydrogen) atoms. The lowest BCUT2D eigenvalue weighted by Gasteiger charge is -2.36. The number of hydrogen-bond acceptors (Lipinski definition) is 8. The molecule has 2 aliphatic rings. The van der Waals surface area contributed by atoms with Crippen molar-refractivity contribution in [2.24, 2.45) is 5.92 Å². The molecule has 4 atom stereocenters. The van der Waals surface area contributed by atoms with Crippen LogP contribution < -0.4 is 24.8 Å². The number of ether oxygens (including phenoxy) is 4. The first-order valence-electron chi connectivity index (χ1n) is 18.2. The fourth-order valence-electron chi connectivity index (χ4n) is 6.80. The number of aliphatic hydroxyl groups excluding tert-OH is 1. The van der Waals surface area contributed by atoms with Gasteiger partial charge in [-0.1, -0.05) is 49.4 Å². The van der Waals surface area contributed by atoms with E-state index in [1.54, 1.807) is 23.1 Å². The Balaban J connectivity index is 1.22. The second-order valence-electron chi connectivity index (χ2n) is 14.0. The van der Waals surface area contributed by atoms with E-state index < -0.39 is 12.1 Å². The first-order chi connectivity index (χ1) is 25.2. The lowest BCUT2D eigenvalue weighted by atomic mass is 10.0. The number of amides is 3. The van der Waals surface area contributed by atoms with Gasteiger partial charge >= 0.3 is 6.03 Å². The van der Waals surface area contributed by atoms with Crippen LogP contribution in [0.5, 0.6) is 17.2 Å². The highest BCUT2D eigenvalue weighted by molar-refractivity contribution is 6.07. The van der Waals surface area contributed by atoms with Crippen LogP contribution in [0.15, 0.2) is 78.9 Å². The van der Waals surface area contributed by atoms with E-state index in [1.165, 1.54) is 0 Å². The van der Waals surface area contributed by atoms with E-state index >= 15 is 0 Å². The fraction of sp³-hybridized carbons (Fsp3) is 0.415. The van der Waals surface area contributed by atoms with Gasteiger partial charge in [0.2, 0.25) is 6.79 Å². The molecule has 4 aromatic rings. The van der Waals surface area contributed by atoms with Gasteiger partial charge in [-0.15, -0.1) is 0 Å². The molecule has 0 saturated heterocycles. The Morgan fingerprint density at radius 2 is 1.75 bits per heavy atom. The number of anilines is 2. The highest BCUT2D eigenvalue weighted by Crippen LogP contribution is 2.33. The number of carbonyl (C=O) groups is 2. The molecule has 4 aromatic carbocycles. The third-order valence-corrected chi connectivity index (χ3v) is 9.73. The molecule has 0 unspecified atom stereocenters.